The van der Waals surface area contributed by atoms with Crippen molar-refractivity contribution in [3.05, 3.63) is 83.9 Å². The number of aromatic hydroxyl groups is 1. The Hall–Kier alpha value is -3.81. The van der Waals surface area contributed by atoms with Gasteiger partial charge in [-0.05, 0) is 49.7 Å². The molecule has 2 aliphatic heterocycles. The summed E-state index contributed by atoms with van der Waals surface area (Å²) in [6.07, 6.45) is 0.185. The molecule has 0 aromatic heterocycles. The van der Waals surface area contributed by atoms with Gasteiger partial charge in [0.25, 0.3) is 0 Å². The molecule has 2 N–H and O–H groups in total. The molecule has 3 atom stereocenters. The number of sulfonamides is 1. The van der Waals surface area contributed by atoms with Crippen LogP contribution in [0.5, 0.6) is 11.5 Å². The summed E-state index contributed by atoms with van der Waals surface area (Å²) < 4.78 is 41.4. The number of phenols is 1. The van der Waals surface area contributed by atoms with Crippen molar-refractivity contribution in [1.29, 1.82) is 5.26 Å². The summed E-state index contributed by atoms with van der Waals surface area (Å²) >= 11 is -0.0955. The fraction of sp³-hybridized carbons (Fsp3) is 0.312. The standard InChI is InChI=1S/C32H33N3O6SSe/c1-3-35(24-12-16-26(40-2)17-13-24)42(38,39)28-19-27-30(21-8-14-25(36)15-9-21)31(32(28)41-27)22-6-10-23(11-7-22)34-29(37)5-4-18-43-20-33/h6-17,27-28,32,36H,3-5,18-19H2,1-2H3,(H,34,37). The Morgan fingerprint density at radius 2 is 1.72 bits per heavy atom. The summed E-state index contributed by atoms with van der Waals surface area (Å²) in [7, 11) is -2.26. The molecule has 5 rings (SSSR count). The van der Waals surface area contributed by atoms with Gasteiger partial charge in [-0.15, -0.1) is 0 Å². The number of anilines is 2. The van der Waals surface area contributed by atoms with Crippen LogP contribution in [-0.2, 0) is 19.6 Å². The zero-order valence-corrected chi connectivity index (χ0v) is 26.4. The van der Waals surface area contributed by atoms with Gasteiger partial charge >= 0.3 is 134 Å². The van der Waals surface area contributed by atoms with E-state index in [2.05, 4.69) is 10.3 Å². The van der Waals surface area contributed by atoms with Gasteiger partial charge in [0, 0.05) is 6.54 Å². The van der Waals surface area contributed by atoms with Crippen molar-refractivity contribution in [1.82, 2.24) is 0 Å². The van der Waals surface area contributed by atoms with Crippen LogP contribution in [0.2, 0.25) is 5.32 Å². The maximum absolute atomic E-state index is 14.2. The molecule has 3 aromatic carbocycles. The van der Waals surface area contributed by atoms with E-state index in [1.165, 1.54) is 4.31 Å². The van der Waals surface area contributed by atoms with Crippen LogP contribution in [0, 0.1) is 10.2 Å². The molecule has 0 saturated carbocycles. The van der Waals surface area contributed by atoms with Gasteiger partial charge in [-0.25, -0.2) is 8.42 Å². The molecule has 0 spiro atoms. The number of nitriles is 1. The molecule has 3 unspecified atom stereocenters. The molecule has 0 aliphatic carbocycles. The summed E-state index contributed by atoms with van der Waals surface area (Å²) in [5.41, 5.74) is 4.55. The Morgan fingerprint density at radius 1 is 1.07 bits per heavy atom. The molecular formula is C32H33N3O6SSe. The number of carbonyl (C=O) groups excluding carboxylic acids is 1. The molecule has 9 nitrogen and oxygen atoms in total. The molecule has 43 heavy (non-hydrogen) atoms. The van der Waals surface area contributed by atoms with Gasteiger partial charge in [-0.3, -0.25) is 4.31 Å². The molecule has 2 bridgehead atoms. The summed E-state index contributed by atoms with van der Waals surface area (Å²) in [6, 6.07) is 21.2. The Bertz CT molecular complexity index is 1630. The van der Waals surface area contributed by atoms with Gasteiger partial charge in [0.2, 0.25) is 10.0 Å². The van der Waals surface area contributed by atoms with Crippen molar-refractivity contribution in [2.45, 2.75) is 49.0 Å². The number of methoxy groups -OCH3 is 1. The summed E-state index contributed by atoms with van der Waals surface area (Å²) in [5, 5.41) is 21.4. The average molecular weight is 667 g/mol. The maximum atomic E-state index is 14.2. The van der Waals surface area contributed by atoms with Crippen molar-refractivity contribution < 1.29 is 27.8 Å². The Morgan fingerprint density at radius 3 is 2.35 bits per heavy atom. The second kappa shape index (κ2) is 13.2. The van der Waals surface area contributed by atoms with Gasteiger partial charge in [0.15, 0.2) is 0 Å². The van der Waals surface area contributed by atoms with E-state index >= 15 is 0 Å². The number of nitrogens with one attached hydrogen (secondary N) is 1. The number of rotatable bonds is 12. The van der Waals surface area contributed by atoms with Crippen molar-refractivity contribution in [2.75, 3.05) is 23.3 Å². The van der Waals surface area contributed by atoms with Crippen molar-refractivity contribution in [3.63, 3.8) is 0 Å². The summed E-state index contributed by atoms with van der Waals surface area (Å²) in [6.45, 7) is 2.07. The first kappa shape index (κ1) is 30.6. The second-order valence-electron chi connectivity index (χ2n) is 10.3. The number of ether oxygens (including phenoxy) is 2. The third-order valence-electron chi connectivity index (χ3n) is 7.70. The number of hydrogen-bond acceptors (Lipinski definition) is 7. The van der Waals surface area contributed by atoms with E-state index in [4.69, 9.17) is 14.7 Å². The summed E-state index contributed by atoms with van der Waals surface area (Å²) in [4.78, 5) is 14.5. The van der Waals surface area contributed by atoms with Crippen LogP contribution < -0.4 is 14.4 Å². The quantitative estimate of drug-likeness (QED) is 0.205. The van der Waals surface area contributed by atoms with Gasteiger partial charge < -0.3 is 9.84 Å². The van der Waals surface area contributed by atoms with Crippen molar-refractivity contribution in [2.24, 2.45) is 0 Å². The number of phenolic OH excluding ortho intramolecular Hbond substituents is 1. The van der Waals surface area contributed by atoms with Crippen molar-refractivity contribution in [3.8, 4) is 16.5 Å². The molecule has 3 aromatic rings. The number of benzene rings is 3. The molecule has 11 heteroatoms. The topological polar surface area (TPSA) is 129 Å². The zero-order chi connectivity index (χ0) is 30.6. The van der Waals surface area contributed by atoms with Gasteiger partial charge in [0.1, 0.15) is 11.5 Å². The first-order chi connectivity index (χ1) is 20.8. The fourth-order valence-electron chi connectivity index (χ4n) is 5.73. The fourth-order valence-corrected chi connectivity index (χ4v) is 8.56. The number of nitrogens with zero attached hydrogens (tertiary/aromatic N) is 2. The number of hydrogen-bond donors (Lipinski definition) is 2. The van der Waals surface area contributed by atoms with E-state index in [0.29, 0.717) is 36.4 Å². The van der Waals surface area contributed by atoms with Crippen LogP contribution in [0.25, 0.3) is 11.1 Å². The molecular weight excluding hydrogens is 633 g/mol. The van der Waals surface area contributed by atoms with E-state index in [-0.39, 0.29) is 33.2 Å². The zero-order valence-electron chi connectivity index (χ0n) is 23.9. The predicted octanol–water partition coefficient (Wildman–Crippen LogP) is 5.03. The second-order valence-corrected chi connectivity index (χ2v) is 14.2. The number of carbonyl (C=O) groups is 1. The van der Waals surface area contributed by atoms with E-state index in [9.17, 15) is 18.3 Å². The molecule has 1 saturated heterocycles. The van der Waals surface area contributed by atoms with Gasteiger partial charge in [-0.2, -0.15) is 0 Å². The van der Waals surface area contributed by atoms with E-state index in [1.807, 2.05) is 31.2 Å². The van der Waals surface area contributed by atoms with Crippen LogP contribution >= 0.6 is 0 Å². The molecule has 2 aliphatic rings. The first-order valence-electron chi connectivity index (χ1n) is 14.0. The minimum absolute atomic E-state index is 0.0955. The van der Waals surface area contributed by atoms with Crippen LogP contribution in [0.3, 0.4) is 0 Å². The predicted molar refractivity (Wildman–Crippen MR) is 167 cm³/mol. The SMILES string of the molecule is CCN(c1ccc(OC)cc1)S(=O)(=O)C1CC2OC1C(c1ccc(NC(=O)CCC[Se]C#N)cc1)=C2c1ccc(O)cc1. The number of amides is 1. The molecule has 2 heterocycles. The Balaban J connectivity index is 1.46. The molecule has 1 amide bonds. The third kappa shape index (κ3) is 6.43. The first-order valence-corrected chi connectivity index (χ1v) is 17.6. The van der Waals surface area contributed by atoms with Crippen LogP contribution in [-0.4, -0.2) is 65.5 Å². The summed E-state index contributed by atoms with van der Waals surface area (Å²) in [5.74, 6) is 0.670. The van der Waals surface area contributed by atoms with Crippen LogP contribution in [0.4, 0.5) is 11.4 Å². The number of fused-ring (bicyclic) bond motifs is 2. The van der Waals surface area contributed by atoms with Gasteiger partial charge in [0.05, 0.1) is 12.8 Å². The minimum Gasteiger partial charge on any atom is -0.508 e. The average Bonchev–Trinajstić information content (AvgIpc) is 3.61. The van der Waals surface area contributed by atoms with Crippen LogP contribution in [0.1, 0.15) is 37.3 Å². The molecule has 0 radical (unpaired) electrons. The Kier molecular flexibility index (Phi) is 9.43. The van der Waals surface area contributed by atoms with Crippen LogP contribution in [0.15, 0.2) is 72.8 Å². The van der Waals surface area contributed by atoms with Crippen molar-refractivity contribution >= 4 is 53.4 Å². The normalized spacial score (nSPS) is 19.2. The minimum atomic E-state index is -3.83. The monoisotopic (exact) mass is 667 g/mol. The van der Waals surface area contributed by atoms with E-state index in [0.717, 1.165) is 27.6 Å². The molecule has 224 valence electrons. The smallest absolute Gasteiger partial charge is 0.508 e. The van der Waals surface area contributed by atoms with E-state index < -0.39 is 27.5 Å². The third-order valence-corrected chi connectivity index (χ3v) is 11.3. The van der Waals surface area contributed by atoms with Gasteiger partial charge in [-0.1, -0.05) is 12.1 Å². The van der Waals surface area contributed by atoms with E-state index in [1.54, 1.807) is 55.6 Å². The Labute approximate surface area is 258 Å². The molecule has 1 fully saturated rings.